The van der Waals surface area contributed by atoms with E-state index >= 15 is 0 Å². The Bertz CT molecular complexity index is 318. The van der Waals surface area contributed by atoms with E-state index in [9.17, 15) is 0 Å². The number of rotatable bonds is 5. The monoisotopic (exact) mass is 223 g/mol. The van der Waals surface area contributed by atoms with Gasteiger partial charge in [0, 0.05) is 18.2 Å². The van der Waals surface area contributed by atoms with Crippen LogP contribution < -0.4 is 10.6 Å². The quantitative estimate of drug-likeness (QED) is 0.796. The number of aryl methyl sites for hydroxylation is 1. The van der Waals surface area contributed by atoms with Gasteiger partial charge in [-0.2, -0.15) is 0 Å². The molecular weight excluding hydrogens is 202 g/mol. The Hall–Kier alpha value is -0.870. The zero-order valence-electron chi connectivity index (χ0n) is 10.1. The Morgan fingerprint density at radius 2 is 2.56 bits per heavy atom. The minimum Gasteiger partial charge on any atom is -0.360 e. The lowest BCUT2D eigenvalue weighted by atomic mass is 10.1. The summed E-state index contributed by atoms with van der Waals surface area (Å²) >= 11 is 0. The van der Waals surface area contributed by atoms with Gasteiger partial charge >= 0.3 is 0 Å². The van der Waals surface area contributed by atoms with Gasteiger partial charge in [-0.15, -0.1) is 0 Å². The van der Waals surface area contributed by atoms with Crippen molar-refractivity contribution in [3.8, 4) is 0 Å². The topological polar surface area (TPSA) is 50.1 Å². The number of nitrogens with zero attached hydrogens (tertiary/aromatic N) is 1. The van der Waals surface area contributed by atoms with Crippen LogP contribution >= 0.6 is 0 Å². The minimum atomic E-state index is 0.515. The second-order valence-electron chi connectivity index (χ2n) is 4.75. The smallest absolute Gasteiger partial charge is 0.150 e. The molecule has 1 saturated heterocycles. The zero-order valence-corrected chi connectivity index (χ0v) is 10.1. The van der Waals surface area contributed by atoms with Crippen molar-refractivity contribution in [2.45, 2.75) is 51.7 Å². The maximum atomic E-state index is 5.16. The van der Waals surface area contributed by atoms with Gasteiger partial charge in [-0.1, -0.05) is 5.16 Å². The van der Waals surface area contributed by atoms with Gasteiger partial charge in [0.15, 0.2) is 5.76 Å². The van der Waals surface area contributed by atoms with Crippen molar-refractivity contribution in [3.63, 3.8) is 0 Å². The summed E-state index contributed by atoms with van der Waals surface area (Å²) in [6, 6.07) is 3.19. The molecule has 4 nitrogen and oxygen atoms in total. The summed E-state index contributed by atoms with van der Waals surface area (Å²) in [5, 5.41) is 10.8. The van der Waals surface area contributed by atoms with Crippen molar-refractivity contribution in [1.29, 1.82) is 0 Å². The van der Waals surface area contributed by atoms with Crippen molar-refractivity contribution in [3.05, 3.63) is 17.5 Å². The molecule has 1 aromatic rings. The van der Waals surface area contributed by atoms with E-state index in [1.165, 1.54) is 25.8 Å². The fraction of sp³-hybridized carbons (Fsp3) is 0.750. The fourth-order valence-corrected chi connectivity index (χ4v) is 2.24. The Morgan fingerprint density at radius 3 is 3.19 bits per heavy atom. The molecule has 2 atom stereocenters. The van der Waals surface area contributed by atoms with Crippen LogP contribution in [0.5, 0.6) is 0 Å². The van der Waals surface area contributed by atoms with Crippen molar-refractivity contribution in [2.24, 2.45) is 0 Å². The third-order valence-corrected chi connectivity index (χ3v) is 3.10. The maximum absolute atomic E-state index is 5.16. The SMILES string of the molecule is Cc1cc(CNC(C)CC2CCCN2)on1. The Morgan fingerprint density at radius 1 is 1.69 bits per heavy atom. The van der Waals surface area contributed by atoms with Crippen LogP contribution in [-0.4, -0.2) is 23.8 Å². The summed E-state index contributed by atoms with van der Waals surface area (Å²) in [4.78, 5) is 0. The molecule has 0 saturated carbocycles. The Labute approximate surface area is 96.8 Å². The first-order valence-corrected chi connectivity index (χ1v) is 6.13. The standard InChI is InChI=1S/C12H21N3O/c1-9(6-11-4-3-5-13-11)14-8-12-7-10(2)15-16-12/h7,9,11,13-14H,3-6,8H2,1-2H3. The van der Waals surface area contributed by atoms with Gasteiger partial charge in [-0.3, -0.25) is 0 Å². The molecule has 2 rings (SSSR count). The first kappa shape index (κ1) is 11.6. The number of nitrogens with one attached hydrogen (secondary N) is 2. The Kier molecular flexibility index (Phi) is 3.96. The Balaban J connectivity index is 1.68. The molecule has 2 unspecified atom stereocenters. The van der Waals surface area contributed by atoms with E-state index in [4.69, 9.17) is 4.52 Å². The average Bonchev–Trinajstić information content (AvgIpc) is 2.87. The van der Waals surface area contributed by atoms with Crippen LogP contribution in [0.25, 0.3) is 0 Å². The molecule has 1 fully saturated rings. The minimum absolute atomic E-state index is 0.515. The van der Waals surface area contributed by atoms with Crippen LogP contribution in [0.4, 0.5) is 0 Å². The second kappa shape index (κ2) is 5.46. The third kappa shape index (κ3) is 3.32. The van der Waals surface area contributed by atoms with Crippen molar-refractivity contribution in [2.75, 3.05) is 6.54 Å². The molecule has 0 aliphatic carbocycles. The van der Waals surface area contributed by atoms with Crippen LogP contribution in [0, 0.1) is 6.92 Å². The van der Waals surface area contributed by atoms with E-state index in [1.807, 2.05) is 13.0 Å². The maximum Gasteiger partial charge on any atom is 0.150 e. The number of hydrogen-bond acceptors (Lipinski definition) is 4. The molecule has 0 bridgehead atoms. The van der Waals surface area contributed by atoms with E-state index in [-0.39, 0.29) is 0 Å². The molecular formula is C12H21N3O. The van der Waals surface area contributed by atoms with E-state index in [0.29, 0.717) is 12.1 Å². The highest BCUT2D eigenvalue weighted by Gasteiger charge is 2.16. The molecule has 2 heterocycles. The van der Waals surface area contributed by atoms with Crippen LogP contribution in [-0.2, 0) is 6.54 Å². The molecule has 90 valence electrons. The van der Waals surface area contributed by atoms with Crippen LogP contribution in [0.2, 0.25) is 0 Å². The van der Waals surface area contributed by atoms with Gasteiger partial charge < -0.3 is 15.2 Å². The van der Waals surface area contributed by atoms with E-state index in [0.717, 1.165) is 18.0 Å². The lowest BCUT2D eigenvalue weighted by Gasteiger charge is -2.17. The van der Waals surface area contributed by atoms with Gasteiger partial charge in [0.25, 0.3) is 0 Å². The van der Waals surface area contributed by atoms with E-state index in [1.54, 1.807) is 0 Å². The van der Waals surface area contributed by atoms with Crippen molar-refractivity contribution < 1.29 is 4.52 Å². The number of aromatic nitrogens is 1. The van der Waals surface area contributed by atoms with Crippen molar-refractivity contribution in [1.82, 2.24) is 15.8 Å². The van der Waals surface area contributed by atoms with E-state index < -0.39 is 0 Å². The summed E-state index contributed by atoms with van der Waals surface area (Å²) in [5.74, 6) is 0.920. The second-order valence-corrected chi connectivity index (χ2v) is 4.75. The first-order valence-electron chi connectivity index (χ1n) is 6.13. The molecule has 1 aromatic heterocycles. The summed E-state index contributed by atoms with van der Waals surface area (Å²) < 4.78 is 5.16. The third-order valence-electron chi connectivity index (χ3n) is 3.10. The number of hydrogen-bond donors (Lipinski definition) is 2. The summed E-state index contributed by atoms with van der Waals surface area (Å²) in [7, 11) is 0. The molecule has 0 amide bonds. The zero-order chi connectivity index (χ0) is 11.4. The molecule has 0 aromatic carbocycles. The molecule has 16 heavy (non-hydrogen) atoms. The highest BCUT2D eigenvalue weighted by atomic mass is 16.5. The van der Waals surface area contributed by atoms with E-state index in [2.05, 4.69) is 22.7 Å². The lowest BCUT2D eigenvalue weighted by Crippen LogP contribution is -2.33. The predicted octanol–water partition coefficient (Wildman–Crippen LogP) is 1.60. The highest BCUT2D eigenvalue weighted by molar-refractivity contribution is 5.02. The normalized spacial score (nSPS) is 22.5. The largest absolute Gasteiger partial charge is 0.360 e. The van der Waals surface area contributed by atoms with Gasteiger partial charge in [-0.05, 0) is 39.7 Å². The predicted molar refractivity (Wildman–Crippen MR) is 63.2 cm³/mol. The average molecular weight is 223 g/mol. The van der Waals surface area contributed by atoms with Gasteiger partial charge in [0.1, 0.15) is 0 Å². The van der Waals surface area contributed by atoms with Gasteiger partial charge in [0.05, 0.1) is 12.2 Å². The van der Waals surface area contributed by atoms with Crippen molar-refractivity contribution >= 4 is 0 Å². The summed E-state index contributed by atoms with van der Waals surface area (Å²) in [5.41, 5.74) is 0.946. The van der Waals surface area contributed by atoms with Gasteiger partial charge in [0.2, 0.25) is 0 Å². The summed E-state index contributed by atoms with van der Waals surface area (Å²) in [6.45, 7) is 6.12. The summed E-state index contributed by atoms with van der Waals surface area (Å²) in [6.07, 6.45) is 3.82. The van der Waals surface area contributed by atoms with Gasteiger partial charge in [-0.25, -0.2) is 0 Å². The first-order chi connectivity index (χ1) is 7.74. The van der Waals surface area contributed by atoms with Crippen LogP contribution in [0.15, 0.2) is 10.6 Å². The van der Waals surface area contributed by atoms with Crippen LogP contribution in [0.1, 0.15) is 37.6 Å². The fourth-order valence-electron chi connectivity index (χ4n) is 2.24. The van der Waals surface area contributed by atoms with Crippen LogP contribution in [0.3, 0.4) is 0 Å². The molecule has 2 N–H and O–H groups in total. The molecule has 0 spiro atoms. The molecule has 1 aliphatic heterocycles. The lowest BCUT2D eigenvalue weighted by molar-refractivity contribution is 0.353. The molecule has 1 aliphatic rings. The molecule has 4 heteroatoms. The highest BCUT2D eigenvalue weighted by Crippen LogP contribution is 2.11. The molecule has 0 radical (unpaired) electrons.